The lowest BCUT2D eigenvalue weighted by atomic mass is 9.99. The van der Waals surface area contributed by atoms with Crippen LogP contribution in [0.5, 0.6) is 0 Å². The van der Waals surface area contributed by atoms with Crippen molar-refractivity contribution < 1.29 is 9.84 Å². The summed E-state index contributed by atoms with van der Waals surface area (Å²) < 4.78 is 6.16. The molecule has 16 heavy (non-hydrogen) atoms. The third-order valence-electron chi connectivity index (χ3n) is 2.74. The van der Waals surface area contributed by atoms with E-state index in [0.29, 0.717) is 18.2 Å². The molecule has 2 N–H and O–H groups in total. The molecule has 1 aliphatic heterocycles. The number of hydrogen-bond acceptors (Lipinski definition) is 3. The van der Waals surface area contributed by atoms with Crippen LogP contribution in [0.3, 0.4) is 0 Å². The first kappa shape index (κ1) is 12.2. The molecule has 0 aromatic heterocycles. The second-order valence-electron chi connectivity index (χ2n) is 3.99. The molecule has 0 saturated carbocycles. The van der Waals surface area contributed by atoms with Crippen molar-refractivity contribution in [1.29, 1.82) is 0 Å². The molecule has 5 heteroatoms. The molecule has 2 rings (SSSR count). The summed E-state index contributed by atoms with van der Waals surface area (Å²) in [4.78, 5) is 0. The van der Waals surface area contributed by atoms with Crippen LogP contribution in [-0.2, 0) is 4.74 Å². The number of anilines is 1. The van der Waals surface area contributed by atoms with Gasteiger partial charge in [0, 0.05) is 16.8 Å². The van der Waals surface area contributed by atoms with E-state index in [2.05, 4.69) is 21.2 Å². The van der Waals surface area contributed by atoms with E-state index >= 15 is 0 Å². The maximum atomic E-state index is 9.42. The zero-order valence-electron chi connectivity index (χ0n) is 8.67. The Morgan fingerprint density at radius 2 is 2.38 bits per heavy atom. The Bertz CT molecular complexity index is 380. The van der Waals surface area contributed by atoms with E-state index < -0.39 is 0 Å². The minimum Gasteiger partial charge on any atom is -0.394 e. The van der Waals surface area contributed by atoms with Crippen molar-refractivity contribution >= 4 is 33.2 Å². The van der Waals surface area contributed by atoms with Gasteiger partial charge in [-0.3, -0.25) is 0 Å². The molecule has 1 aromatic rings. The van der Waals surface area contributed by atoms with Crippen molar-refractivity contribution in [3.8, 4) is 0 Å². The van der Waals surface area contributed by atoms with Gasteiger partial charge < -0.3 is 15.2 Å². The molecule has 0 spiro atoms. The number of benzene rings is 1. The van der Waals surface area contributed by atoms with Gasteiger partial charge in [-0.25, -0.2) is 0 Å². The highest BCUT2D eigenvalue weighted by atomic mass is 79.9. The molecule has 1 heterocycles. The Hall–Kier alpha value is -0.290. The van der Waals surface area contributed by atoms with E-state index in [9.17, 15) is 5.11 Å². The Labute approximate surface area is 108 Å². The average Bonchev–Trinajstić information content (AvgIpc) is 2.73. The SMILES string of the molecule is OCC1(Nc2ccc(Cl)c(Br)c2)CCOC1. The highest BCUT2D eigenvalue weighted by Gasteiger charge is 2.34. The average molecular weight is 307 g/mol. The Morgan fingerprint density at radius 3 is 2.94 bits per heavy atom. The van der Waals surface area contributed by atoms with E-state index in [1.165, 1.54) is 0 Å². The lowest BCUT2D eigenvalue weighted by Gasteiger charge is -2.27. The normalized spacial score (nSPS) is 24.7. The van der Waals surface area contributed by atoms with Gasteiger partial charge in [0.2, 0.25) is 0 Å². The molecule has 88 valence electrons. The van der Waals surface area contributed by atoms with Crippen LogP contribution in [0, 0.1) is 0 Å². The summed E-state index contributed by atoms with van der Waals surface area (Å²) in [6.07, 6.45) is 0.809. The fourth-order valence-electron chi connectivity index (χ4n) is 1.75. The maximum absolute atomic E-state index is 9.42. The third kappa shape index (κ3) is 2.51. The summed E-state index contributed by atoms with van der Waals surface area (Å²) in [5.74, 6) is 0. The number of halogens is 2. The van der Waals surface area contributed by atoms with Gasteiger partial charge in [-0.15, -0.1) is 0 Å². The number of hydrogen-bond donors (Lipinski definition) is 2. The molecule has 0 amide bonds. The topological polar surface area (TPSA) is 41.5 Å². The van der Waals surface area contributed by atoms with E-state index in [1.807, 2.05) is 18.2 Å². The van der Waals surface area contributed by atoms with E-state index in [4.69, 9.17) is 16.3 Å². The van der Waals surface area contributed by atoms with Gasteiger partial charge in [0.1, 0.15) is 0 Å². The number of nitrogens with one attached hydrogen (secondary N) is 1. The predicted octanol–water partition coefficient (Wildman–Crippen LogP) is 2.67. The molecule has 1 aromatic carbocycles. The minimum atomic E-state index is -0.354. The van der Waals surface area contributed by atoms with Gasteiger partial charge in [0.05, 0.1) is 23.8 Å². The van der Waals surface area contributed by atoms with Crippen molar-refractivity contribution in [3.05, 3.63) is 27.7 Å². The predicted molar refractivity (Wildman–Crippen MR) is 68.0 cm³/mol. The summed E-state index contributed by atoms with van der Waals surface area (Å²) in [6.45, 7) is 1.28. The van der Waals surface area contributed by atoms with E-state index in [0.717, 1.165) is 16.6 Å². The standard InChI is InChI=1S/C11H13BrClNO2/c12-9-5-8(1-2-10(9)13)14-11(6-15)3-4-16-7-11/h1-2,5,14-15H,3-4,6-7H2. The molecular formula is C11H13BrClNO2. The molecule has 1 saturated heterocycles. The lowest BCUT2D eigenvalue weighted by molar-refractivity contribution is 0.152. The molecule has 1 aliphatic rings. The van der Waals surface area contributed by atoms with Crippen LogP contribution in [0.15, 0.2) is 22.7 Å². The first-order valence-corrected chi connectivity index (χ1v) is 6.24. The zero-order valence-corrected chi connectivity index (χ0v) is 11.0. The largest absolute Gasteiger partial charge is 0.394 e. The van der Waals surface area contributed by atoms with Crippen LogP contribution < -0.4 is 5.32 Å². The second kappa shape index (κ2) is 4.92. The third-order valence-corrected chi connectivity index (χ3v) is 3.95. The molecule has 0 radical (unpaired) electrons. The molecule has 1 fully saturated rings. The number of ether oxygens (including phenoxy) is 1. The van der Waals surface area contributed by atoms with Crippen molar-refractivity contribution in [2.75, 3.05) is 25.1 Å². The van der Waals surface area contributed by atoms with Crippen LogP contribution in [-0.4, -0.2) is 30.5 Å². The Kier molecular flexibility index (Phi) is 3.74. The second-order valence-corrected chi connectivity index (χ2v) is 5.26. The first-order valence-electron chi connectivity index (χ1n) is 5.07. The van der Waals surface area contributed by atoms with Gasteiger partial charge in [-0.1, -0.05) is 11.6 Å². The number of rotatable bonds is 3. The van der Waals surface area contributed by atoms with Crippen LogP contribution in [0.4, 0.5) is 5.69 Å². The molecule has 3 nitrogen and oxygen atoms in total. The zero-order chi connectivity index (χ0) is 11.6. The van der Waals surface area contributed by atoms with Gasteiger partial charge >= 0.3 is 0 Å². The van der Waals surface area contributed by atoms with Gasteiger partial charge in [-0.2, -0.15) is 0 Å². The number of aliphatic hydroxyl groups excluding tert-OH is 1. The highest BCUT2D eigenvalue weighted by Crippen LogP contribution is 2.29. The summed E-state index contributed by atoms with van der Waals surface area (Å²) in [6, 6.07) is 5.61. The Morgan fingerprint density at radius 1 is 1.56 bits per heavy atom. The molecule has 1 atom stereocenters. The van der Waals surface area contributed by atoms with Crippen LogP contribution in [0.2, 0.25) is 5.02 Å². The molecule has 0 aliphatic carbocycles. The van der Waals surface area contributed by atoms with Crippen LogP contribution in [0.1, 0.15) is 6.42 Å². The summed E-state index contributed by atoms with van der Waals surface area (Å²) in [5, 5.41) is 13.4. The van der Waals surface area contributed by atoms with Crippen molar-refractivity contribution in [2.24, 2.45) is 0 Å². The lowest BCUT2D eigenvalue weighted by Crippen LogP contribution is -2.42. The minimum absolute atomic E-state index is 0.0627. The first-order chi connectivity index (χ1) is 7.65. The summed E-state index contributed by atoms with van der Waals surface area (Å²) in [5.41, 5.74) is 0.573. The smallest absolute Gasteiger partial charge is 0.0859 e. The van der Waals surface area contributed by atoms with Gasteiger partial charge in [0.15, 0.2) is 0 Å². The van der Waals surface area contributed by atoms with Crippen molar-refractivity contribution in [2.45, 2.75) is 12.0 Å². The summed E-state index contributed by atoms with van der Waals surface area (Å²) >= 11 is 9.29. The van der Waals surface area contributed by atoms with Crippen molar-refractivity contribution in [1.82, 2.24) is 0 Å². The maximum Gasteiger partial charge on any atom is 0.0859 e. The highest BCUT2D eigenvalue weighted by molar-refractivity contribution is 9.10. The Balaban J connectivity index is 2.16. The van der Waals surface area contributed by atoms with Crippen LogP contribution >= 0.6 is 27.5 Å². The van der Waals surface area contributed by atoms with Crippen LogP contribution in [0.25, 0.3) is 0 Å². The number of aliphatic hydroxyl groups is 1. The molecular weight excluding hydrogens is 293 g/mol. The molecule has 0 bridgehead atoms. The van der Waals surface area contributed by atoms with Crippen molar-refractivity contribution in [3.63, 3.8) is 0 Å². The fraction of sp³-hybridized carbons (Fsp3) is 0.455. The van der Waals surface area contributed by atoms with Gasteiger partial charge in [-0.05, 0) is 40.5 Å². The monoisotopic (exact) mass is 305 g/mol. The molecule has 1 unspecified atom stereocenters. The fourth-order valence-corrected chi connectivity index (χ4v) is 2.25. The van der Waals surface area contributed by atoms with Gasteiger partial charge in [0.25, 0.3) is 0 Å². The van der Waals surface area contributed by atoms with E-state index in [1.54, 1.807) is 0 Å². The quantitative estimate of drug-likeness (QED) is 0.902. The van der Waals surface area contributed by atoms with E-state index in [-0.39, 0.29) is 12.1 Å². The summed E-state index contributed by atoms with van der Waals surface area (Å²) in [7, 11) is 0.